The molecule has 23 nitrogen and oxygen atoms in total. The first-order valence-corrected chi connectivity index (χ1v) is 44.4. The minimum atomic E-state index is -0.718. The van der Waals surface area contributed by atoms with Gasteiger partial charge in [0.2, 0.25) is 0 Å². The minimum Gasteiger partial charge on any atom is -0.496 e. The first-order valence-electron chi connectivity index (χ1n) is 44.4. The smallest absolute Gasteiger partial charge is 0.142 e. The molecule has 9 aromatic carbocycles. The Kier molecular flexibility index (Phi) is 39.4. The molecular formula is C101H131N5O18. The van der Waals surface area contributed by atoms with Crippen LogP contribution in [0, 0.1) is 5.92 Å². The van der Waals surface area contributed by atoms with Crippen molar-refractivity contribution in [2.24, 2.45) is 5.92 Å². The van der Waals surface area contributed by atoms with Gasteiger partial charge in [-0.15, -0.1) is 0 Å². The SMILES string of the molecule is COCCCN1CCOc2ccc(CO[C@H]3CNCC[C@@H]3c3ccc(OC[C@H](C)COc4ccccc4)cc3)cc21.COCCCN1CCOc2ccc(CO[C@H]3CNCC[C@@H]3c3ccc(OC[C@H](O)COc4ccccc4)cc3)cc21.COc1ccccc1COCCCOc1ccc([C@H]2CCNC[C@@H]2OCCOc2ccccc2COC[C@H](C)O)cc1. The summed E-state index contributed by atoms with van der Waals surface area (Å²) in [5, 5.41) is 30.2. The van der Waals surface area contributed by atoms with Crippen LogP contribution in [-0.2, 0) is 59.6 Å². The molecule has 0 saturated carbocycles. The van der Waals surface area contributed by atoms with Gasteiger partial charge in [-0.25, -0.2) is 0 Å². The zero-order valence-corrected chi connectivity index (χ0v) is 73.1. The molecular weight excluding hydrogens is 1570 g/mol. The Bertz CT molecular complexity index is 4250. The molecule has 9 aromatic rings. The molecule has 0 amide bonds. The molecule has 0 aliphatic carbocycles. The molecule has 0 unspecified atom stereocenters. The Balaban J connectivity index is 0.000000170. The number of rotatable bonds is 46. The largest absolute Gasteiger partial charge is 0.496 e. The highest BCUT2D eigenvalue weighted by atomic mass is 16.5. The number of anilines is 2. The summed E-state index contributed by atoms with van der Waals surface area (Å²) in [6.07, 6.45) is 4.89. The number of benzene rings is 9. The van der Waals surface area contributed by atoms with E-state index in [2.05, 4.69) is 118 Å². The van der Waals surface area contributed by atoms with E-state index in [4.69, 9.17) is 75.8 Å². The maximum Gasteiger partial charge on any atom is 0.142 e. The van der Waals surface area contributed by atoms with Crippen LogP contribution >= 0.6 is 0 Å². The Morgan fingerprint density at radius 3 is 1.29 bits per heavy atom. The van der Waals surface area contributed by atoms with Crippen molar-refractivity contribution in [3.63, 3.8) is 0 Å². The number of ether oxygens (including phenoxy) is 16. The fourth-order valence-electron chi connectivity index (χ4n) is 15.9. The standard InChI is InChI=1S/C34H44N2O5.C34H45NO7.C33H42N2O6/c1-26(23-39-29-7-4-3-5-8-29)24-40-30-12-10-28(11-13-30)31-15-16-35-22-34(31)41-25-27-9-14-33-32(21-27)36(18-20-38-33)17-6-19-37-2;1-26(36)23-39-25-29-9-4-6-11-33(29)41-20-21-42-34-22-35-17-16-31(34)27-12-14-30(15-13-27)40-19-7-18-38-24-28-8-3-5-10-32(28)37-2;1-37-18-5-16-35-17-19-38-32-13-8-25(20-31(32)35)22-41-33-21-34-15-14-30(33)26-9-11-29(12-10-26)40-24-27(36)23-39-28-6-3-2-4-7-28/h3-5,7-14,21,26,31,34-35H,6,15-20,22-25H2,1-2H3;3-6,8-15,26,31,34-36H,7,16-25H2,1-2H3;2-4,6-13,20,27,30,33-34,36H,5,14-19,21-24H2,1H3/t26-,31-,34+;26-,31+,34-;27-,30-,33+/m101/s1. The summed E-state index contributed by atoms with van der Waals surface area (Å²) in [7, 11) is 5.17. The Morgan fingerprint density at radius 2 is 0.815 bits per heavy atom. The van der Waals surface area contributed by atoms with Crippen LogP contribution in [-0.4, -0.2) is 213 Å². The van der Waals surface area contributed by atoms with E-state index >= 15 is 0 Å². The summed E-state index contributed by atoms with van der Waals surface area (Å²) < 4.78 is 93.7. The maximum absolute atomic E-state index is 10.3. The van der Waals surface area contributed by atoms with Crippen molar-refractivity contribution in [1.29, 1.82) is 0 Å². The molecule has 3 fully saturated rings. The van der Waals surface area contributed by atoms with Gasteiger partial charge in [-0.05, 0) is 184 Å². The second kappa shape index (κ2) is 52.3. The van der Waals surface area contributed by atoms with Crippen molar-refractivity contribution in [1.82, 2.24) is 16.0 Å². The lowest BCUT2D eigenvalue weighted by Gasteiger charge is -2.33. The van der Waals surface area contributed by atoms with Crippen molar-refractivity contribution in [3.05, 3.63) is 257 Å². The molecule has 5 heterocycles. The lowest BCUT2D eigenvalue weighted by Crippen LogP contribution is -2.41. The van der Waals surface area contributed by atoms with Gasteiger partial charge in [0, 0.05) is 101 Å². The summed E-state index contributed by atoms with van der Waals surface area (Å²) >= 11 is 0. The molecule has 0 aromatic heterocycles. The van der Waals surface area contributed by atoms with Crippen molar-refractivity contribution in [2.75, 3.05) is 182 Å². The highest BCUT2D eigenvalue weighted by molar-refractivity contribution is 5.62. The molecule has 0 radical (unpaired) electrons. The van der Waals surface area contributed by atoms with E-state index in [1.807, 2.05) is 133 Å². The molecule has 668 valence electrons. The van der Waals surface area contributed by atoms with Crippen LogP contribution in [0.25, 0.3) is 0 Å². The predicted molar refractivity (Wildman–Crippen MR) is 484 cm³/mol. The van der Waals surface area contributed by atoms with Gasteiger partial charge in [0.1, 0.15) is 90.9 Å². The van der Waals surface area contributed by atoms with Gasteiger partial charge >= 0.3 is 0 Å². The van der Waals surface area contributed by atoms with Crippen molar-refractivity contribution in [3.8, 4) is 51.7 Å². The normalized spacial score (nSPS) is 18.6. The topological polar surface area (TPSA) is 231 Å². The summed E-state index contributed by atoms with van der Waals surface area (Å²) in [5.74, 6) is 8.85. The van der Waals surface area contributed by atoms with Crippen molar-refractivity contribution < 1.29 is 86.0 Å². The first kappa shape index (κ1) is 93.5. The predicted octanol–water partition coefficient (Wildman–Crippen LogP) is 15.2. The lowest BCUT2D eigenvalue weighted by molar-refractivity contribution is 0.00643. The van der Waals surface area contributed by atoms with Crippen LogP contribution in [0.5, 0.6) is 51.7 Å². The zero-order valence-electron chi connectivity index (χ0n) is 73.1. The van der Waals surface area contributed by atoms with Gasteiger partial charge in [-0.3, -0.25) is 0 Å². The fraction of sp³-hybridized carbons (Fsp3) is 0.465. The molecule has 0 bridgehead atoms. The highest BCUT2D eigenvalue weighted by Crippen LogP contribution is 2.38. The number of aliphatic hydroxyl groups is 2. The van der Waals surface area contributed by atoms with Crippen LogP contribution in [0.1, 0.15) is 109 Å². The van der Waals surface area contributed by atoms with E-state index in [0.29, 0.717) is 97.0 Å². The molecule has 23 heteroatoms. The molecule has 5 N–H and O–H groups in total. The van der Waals surface area contributed by atoms with Crippen molar-refractivity contribution >= 4 is 11.4 Å². The average molecular weight is 1700 g/mol. The van der Waals surface area contributed by atoms with E-state index in [1.165, 1.54) is 22.3 Å². The third-order valence-corrected chi connectivity index (χ3v) is 22.5. The third-order valence-electron chi connectivity index (χ3n) is 22.5. The summed E-state index contributed by atoms with van der Waals surface area (Å²) in [4.78, 5) is 4.78. The monoisotopic (exact) mass is 1700 g/mol. The van der Waals surface area contributed by atoms with Gasteiger partial charge in [0.25, 0.3) is 0 Å². The fourth-order valence-corrected chi connectivity index (χ4v) is 15.9. The number of aliphatic hydroxyl groups excluding tert-OH is 2. The number of hydrogen-bond acceptors (Lipinski definition) is 23. The van der Waals surface area contributed by atoms with Gasteiger partial charge in [0.05, 0.1) is 122 Å². The quantitative estimate of drug-likeness (QED) is 0.0223. The Hall–Kier alpha value is -9.70. The molecule has 124 heavy (non-hydrogen) atoms. The molecule has 3 saturated heterocycles. The summed E-state index contributed by atoms with van der Waals surface area (Å²) in [5.41, 5.74) is 10.4. The summed E-state index contributed by atoms with van der Waals surface area (Å²) in [6, 6.07) is 73.0. The second-order valence-corrected chi connectivity index (χ2v) is 32.1. The van der Waals surface area contributed by atoms with E-state index in [1.54, 1.807) is 28.3 Å². The second-order valence-electron chi connectivity index (χ2n) is 32.1. The number of fused-ring (bicyclic) bond motifs is 2. The zero-order chi connectivity index (χ0) is 86.0. The first-order chi connectivity index (χ1) is 61.0. The number of nitrogens with one attached hydrogen (secondary N) is 3. The minimum absolute atomic E-state index is 0.0672. The van der Waals surface area contributed by atoms with E-state index in [0.717, 1.165) is 204 Å². The van der Waals surface area contributed by atoms with Crippen molar-refractivity contribution in [2.45, 2.75) is 127 Å². The van der Waals surface area contributed by atoms with Crippen LogP contribution < -0.4 is 68.4 Å². The van der Waals surface area contributed by atoms with Crippen LogP contribution in [0.15, 0.2) is 218 Å². The number of para-hydroxylation sites is 4. The lowest BCUT2D eigenvalue weighted by atomic mass is 9.87. The highest BCUT2D eigenvalue weighted by Gasteiger charge is 2.32. The van der Waals surface area contributed by atoms with E-state index < -0.39 is 12.2 Å². The maximum atomic E-state index is 10.3. The van der Waals surface area contributed by atoms with Gasteiger partial charge in [-0.1, -0.05) is 128 Å². The van der Waals surface area contributed by atoms with E-state index in [-0.39, 0.29) is 37.4 Å². The molecule has 14 rings (SSSR count). The Labute approximate surface area is 734 Å². The molecule has 5 aliphatic heterocycles. The molecule has 0 spiro atoms. The van der Waals surface area contributed by atoms with Crippen LogP contribution in [0.3, 0.4) is 0 Å². The van der Waals surface area contributed by atoms with E-state index in [9.17, 15) is 10.2 Å². The number of hydrogen-bond donors (Lipinski definition) is 5. The number of methoxy groups -OCH3 is 3. The van der Waals surface area contributed by atoms with Gasteiger partial charge in [-0.2, -0.15) is 0 Å². The third kappa shape index (κ3) is 30.6. The number of nitrogens with zero attached hydrogens (tertiary/aromatic N) is 2. The average Bonchev–Trinajstić information content (AvgIpc) is 0.819. The Morgan fingerprint density at radius 1 is 0.387 bits per heavy atom. The van der Waals surface area contributed by atoms with Crippen LogP contribution in [0.2, 0.25) is 0 Å². The number of piperidine rings is 3. The van der Waals surface area contributed by atoms with Crippen LogP contribution in [0.4, 0.5) is 11.4 Å². The van der Waals surface area contributed by atoms with Gasteiger partial charge < -0.3 is 112 Å². The molecule has 9 atom stereocenters. The molecule has 5 aliphatic rings. The van der Waals surface area contributed by atoms with Gasteiger partial charge in [0.15, 0.2) is 0 Å². The summed E-state index contributed by atoms with van der Waals surface area (Å²) in [6.45, 7) is 22.0.